The Morgan fingerprint density at radius 3 is 2.29 bits per heavy atom. The van der Waals surface area contributed by atoms with Crippen LogP contribution in [-0.4, -0.2) is 108 Å². The topological polar surface area (TPSA) is 116 Å². The molecule has 3 saturated heterocycles. The fourth-order valence-corrected chi connectivity index (χ4v) is 7.03. The van der Waals surface area contributed by atoms with Crippen LogP contribution in [0.4, 0.5) is 4.79 Å². The van der Waals surface area contributed by atoms with Crippen molar-refractivity contribution in [1.82, 2.24) is 29.9 Å². The van der Waals surface area contributed by atoms with E-state index in [9.17, 15) is 19.2 Å². The van der Waals surface area contributed by atoms with Crippen LogP contribution in [0.2, 0.25) is 0 Å². The van der Waals surface area contributed by atoms with Gasteiger partial charge in [0, 0.05) is 77.4 Å². The first-order valence-electron chi connectivity index (χ1n) is 15.2. The number of hydrogen-bond acceptors (Lipinski definition) is 7. The average Bonchev–Trinajstić information content (AvgIpc) is 3.18. The maximum Gasteiger partial charge on any atom is 0.407 e. The fraction of sp³-hybridized carbons (Fsp3) is 0.613. The van der Waals surface area contributed by atoms with Crippen LogP contribution in [0.3, 0.4) is 0 Å². The van der Waals surface area contributed by atoms with Crippen LogP contribution in [0.5, 0.6) is 0 Å². The summed E-state index contributed by atoms with van der Waals surface area (Å²) in [5, 5.41) is 6.63. The molecule has 228 valence electrons. The van der Waals surface area contributed by atoms with E-state index in [4.69, 9.17) is 4.74 Å². The van der Waals surface area contributed by atoms with Gasteiger partial charge in [0.25, 0.3) is 11.5 Å². The van der Waals surface area contributed by atoms with Crippen LogP contribution < -0.4 is 16.2 Å². The van der Waals surface area contributed by atoms with Gasteiger partial charge in [-0.2, -0.15) is 0 Å². The number of fused-ring (bicyclic) bond motifs is 3. The molecule has 1 aromatic carbocycles. The van der Waals surface area contributed by atoms with E-state index in [0.29, 0.717) is 26.2 Å². The van der Waals surface area contributed by atoms with E-state index in [1.165, 1.54) is 0 Å². The number of aromatic nitrogens is 1. The summed E-state index contributed by atoms with van der Waals surface area (Å²) in [7, 11) is 1.56. The number of nitrogens with one attached hydrogen (secondary N) is 2. The Kier molecular flexibility index (Phi) is 9.17. The number of para-hydroxylation sites is 1. The molecular formula is C31H44N6O5. The van der Waals surface area contributed by atoms with Gasteiger partial charge < -0.3 is 24.8 Å². The lowest BCUT2D eigenvalue weighted by molar-refractivity contribution is -0.130. The molecule has 0 radical (unpaired) electrons. The lowest BCUT2D eigenvalue weighted by Crippen LogP contribution is -2.55. The molecule has 0 aliphatic carbocycles. The van der Waals surface area contributed by atoms with Crippen molar-refractivity contribution in [3.8, 4) is 0 Å². The van der Waals surface area contributed by atoms with Crippen LogP contribution in [0.25, 0.3) is 10.9 Å². The number of hydrogen-bond donors (Lipinski definition) is 2. The minimum absolute atomic E-state index is 0.0254. The van der Waals surface area contributed by atoms with Crippen LogP contribution in [0.15, 0.2) is 35.1 Å². The number of piperidine rings is 1. The summed E-state index contributed by atoms with van der Waals surface area (Å²) in [6.07, 6.45) is 2.87. The highest BCUT2D eigenvalue weighted by atomic mass is 16.6. The van der Waals surface area contributed by atoms with E-state index in [2.05, 4.69) is 20.4 Å². The molecule has 11 nitrogen and oxygen atoms in total. The molecule has 3 fully saturated rings. The number of rotatable bonds is 8. The highest BCUT2D eigenvalue weighted by Gasteiger charge is 2.42. The van der Waals surface area contributed by atoms with Gasteiger partial charge in [-0.25, -0.2) is 4.79 Å². The summed E-state index contributed by atoms with van der Waals surface area (Å²) in [5.74, 6) is -0.228. The number of carbonyl (C=O) groups is 3. The van der Waals surface area contributed by atoms with Gasteiger partial charge in [0.2, 0.25) is 5.91 Å². The molecule has 2 N–H and O–H groups in total. The van der Waals surface area contributed by atoms with Crippen molar-refractivity contribution in [2.24, 2.45) is 0 Å². The maximum absolute atomic E-state index is 13.5. The predicted molar refractivity (Wildman–Crippen MR) is 161 cm³/mol. The third-order valence-electron chi connectivity index (χ3n) is 9.10. The van der Waals surface area contributed by atoms with Gasteiger partial charge in [0.1, 0.15) is 11.7 Å². The summed E-state index contributed by atoms with van der Waals surface area (Å²) in [4.78, 5) is 57.3. The Bertz CT molecular complexity index is 1350. The highest BCUT2D eigenvalue weighted by Crippen LogP contribution is 2.36. The Hall–Kier alpha value is -3.44. The summed E-state index contributed by atoms with van der Waals surface area (Å²) < 4.78 is 7.51. The minimum Gasteiger partial charge on any atom is -0.444 e. The number of amides is 3. The SMILES string of the molecule is CNC(=O)OC(CN1CCN(C(C)=O)CC1)CN1[C@@H]2CC[C@@H]1CC(NC(=O)c1cc3ccccc3n(C(C)C)c1=O)C2. The lowest BCUT2D eigenvalue weighted by Gasteiger charge is -2.42. The molecule has 0 saturated carbocycles. The standard InChI is InChI=1S/C31H44N6O5/c1-20(2)37-28-8-6-5-7-22(28)15-27(30(37)40)29(39)33-23-16-24-9-10-25(17-23)36(24)19-26(42-31(41)32-4)18-34-11-13-35(14-12-34)21(3)38/h5-8,15,20,23-26H,9-14,16-19H2,1-4H3,(H,32,41)(H,33,39)/t24-,25-,26?/m1/s1. The van der Waals surface area contributed by atoms with Crippen LogP contribution in [0.1, 0.15) is 62.9 Å². The molecule has 3 aliphatic rings. The predicted octanol–water partition coefficient (Wildman–Crippen LogP) is 2.20. The van der Waals surface area contributed by atoms with E-state index in [1.54, 1.807) is 24.6 Å². The van der Waals surface area contributed by atoms with Crippen molar-refractivity contribution in [1.29, 1.82) is 0 Å². The maximum atomic E-state index is 13.5. The number of benzene rings is 1. The molecule has 2 aromatic rings. The number of carbonyl (C=O) groups excluding carboxylic acids is 3. The van der Waals surface area contributed by atoms with Crippen molar-refractivity contribution < 1.29 is 19.1 Å². The smallest absolute Gasteiger partial charge is 0.407 e. The Balaban J connectivity index is 1.24. The summed E-state index contributed by atoms with van der Waals surface area (Å²) >= 11 is 0. The van der Waals surface area contributed by atoms with Crippen molar-refractivity contribution in [3.63, 3.8) is 0 Å². The molecule has 42 heavy (non-hydrogen) atoms. The van der Waals surface area contributed by atoms with E-state index in [1.807, 2.05) is 43.0 Å². The Morgan fingerprint density at radius 2 is 1.67 bits per heavy atom. The average molecular weight is 581 g/mol. The van der Waals surface area contributed by atoms with Gasteiger partial charge in [-0.05, 0) is 57.0 Å². The third-order valence-corrected chi connectivity index (χ3v) is 9.10. The first-order valence-corrected chi connectivity index (χ1v) is 15.2. The number of nitrogens with zero attached hydrogens (tertiary/aromatic N) is 4. The molecule has 3 atom stereocenters. The molecule has 2 bridgehead atoms. The fourth-order valence-electron chi connectivity index (χ4n) is 7.03. The van der Waals surface area contributed by atoms with E-state index < -0.39 is 6.09 Å². The second kappa shape index (κ2) is 12.8. The minimum atomic E-state index is -0.445. The van der Waals surface area contributed by atoms with Gasteiger partial charge in [-0.1, -0.05) is 18.2 Å². The molecule has 1 aromatic heterocycles. The van der Waals surface area contributed by atoms with Gasteiger partial charge >= 0.3 is 6.09 Å². The van der Waals surface area contributed by atoms with Crippen molar-refractivity contribution in [3.05, 3.63) is 46.2 Å². The zero-order chi connectivity index (χ0) is 30.0. The van der Waals surface area contributed by atoms with Crippen molar-refractivity contribution in [2.45, 2.75) is 76.7 Å². The van der Waals surface area contributed by atoms with Gasteiger partial charge in [-0.3, -0.25) is 24.2 Å². The first-order chi connectivity index (χ1) is 20.1. The normalized spacial score (nSPS) is 23.6. The summed E-state index contributed by atoms with van der Waals surface area (Å²) in [6.45, 7) is 9.60. The van der Waals surface area contributed by atoms with Gasteiger partial charge in [0.15, 0.2) is 0 Å². The van der Waals surface area contributed by atoms with Gasteiger partial charge in [-0.15, -0.1) is 0 Å². The number of alkyl carbamates (subject to hydrolysis) is 1. The number of pyridine rings is 1. The molecule has 3 amide bonds. The molecule has 1 unspecified atom stereocenters. The molecule has 11 heteroatoms. The molecule has 5 rings (SSSR count). The zero-order valence-corrected chi connectivity index (χ0v) is 25.2. The quantitative estimate of drug-likeness (QED) is 0.492. The summed E-state index contributed by atoms with van der Waals surface area (Å²) in [5.41, 5.74) is 0.746. The lowest BCUT2D eigenvalue weighted by atomic mass is 9.96. The van der Waals surface area contributed by atoms with E-state index >= 15 is 0 Å². The van der Waals surface area contributed by atoms with Crippen LogP contribution in [-0.2, 0) is 9.53 Å². The van der Waals surface area contributed by atoms with E-state index in [-0.39, 0.29) is 53.2 Å². The first kappa shape index (κ1) is 30.0. The molecule has 3 aliphatic heterocycles. The number of ether oxygens (including phenoxy) is 1. The second-order valence-electron chi connectivity index (χ2n) is 12.2. The van der Waals surface area contributed by atoms with Crippen molar-refractivity contribution in [2.75, 3.05) is 46.3 Å². The van der Waals surface area contributed by atoms with Crippen LogP contribution >= 0.6 is 0 Å². The Morgan fingerprint density at radius 1 is 1.00 bits per heavy atom. The van der Waals surface area contributed by atoms with Crippen LogP contribution in [0, 0.1) is 0 Å². The third kappa shape index (κ3) is 6.47. The zero-order valence-electron chi connectivity index (χ0n) is 25.2. The van der Waals surface area contributed by atoms with Gasteiger partial charge in [0.05, 0.1) is 5.52 Å². The monoisotopic (exact) mass is 580 g/mol. The Labute approximate surface area is 247 Å². The van der Waals surface area contributed by atoms with Crippen molar-refractivity contribution >= 4 is 28.8 Å². The highest BCUT2D eigenvalue weighted by molar-refractivity contribution is 5.97. The molecule has 4 heterocycles. The molecular weight excluding hydrogens is 536 g/mol. The second-order valence-corrected chi connectivity index (χ2v) is 12.2. The number of piperazine rings is 1. The summed E-state index contributed by atoms with van der Waals surface area (Å²) in [6, 6.07) is 9.82. The molecule has 0 spiro atoms. The van der Waals surface area contributed by atoms with E-state index in [0.717, 1.165) is 49.7 Å². The largest absolute Gasteiger partial charge is 0.444 e.